The molecule has 1 aromatic carbocycles. The van der Waals surface area contributed by atoms with Gasteiger partial charge >= 0.3 is 0 Å². The van der Waals surface area contributed by atoms with Crippen LogP contribution in [0.1, 0.15) is 30.0 Å². The van der Waals surface area contributed by atoms with Gasteiger partial charge in [0, 0.05) is 6.04 Å². The highest BCUT2D eigenvalue weighted by Gasteiger charge is 2.16. The standard InChI is InChI=1S/C10H13NO.ClH/c11-10-3-1-2-7-6-8(12)4-5-9(7)10;/h4-6,10,12H,1-3,11H2;1H. The number of aromatic hydroxyl groups is 1. The van der Waals surface area contributed by atoms with E-state index in [9.17, 15) is 5.11 Å². The maximum atomic E-state index is 9.23. The molecule has 1 unspecified atom stereocenters. The molecule has 2 nitrogen and oxygen atoms in total. The number of halogens is 1. The number of hydrogen-bond acceptors (Lipinski definition) is 2. The van der Waals surface area contributed by atoms with Crippen molar-refractivity contribution in [1.82, 2.24) is 0 Å². The van der Waals surface area contributed by atoms with Gasteiger partial charge in [-0.25, -0.2) is 0 Å². The summed E-state index contributed by atoms with van der Waals surface area (Å²) in [5, 5.41) is 9.23. The van der Waals surface area contributed by atoms with Gasteiger partial charge < -0.3 is 10.8 Å². The Kier molecular flexibility index (Phi) is 3.17. The van der Waals surface area contributed by atoms with Crippen molar-refractivity contribution in [1.29, 1.82) is 0 Å². The van der Waals surface area contributed by atoms with Gasteiger partial charge in [-0.15, -0.1) is 12.4 Å². The Balaban J connectivity index is 0.000000845. The molecule has 13 heavy (non-hydrogen) atoms. The maximum Gasteiger partial charge on any atom is 0.115 e. The van der Waals surface area contributed by atoms with Crippen LogP contribution in [-0.2, 0) is 6.42 Å². The molecular weight excluding hydrogens is 186 g/mol. The van der Waals surface area contributed by atoms with E-state index in [2.05, 4.69) is 0 Å². The molecule has 0 saturated heterocycles. The summed E-state index contributed by atoms with van der Waals surface area (Å²) in [5.74, 6) is 0.350. The second-order valence-electron chi connectivity index (χ2n) is 3.38. The number of rotatable bonds is 0. The summed E-state index contributed by atoms with van der Waals surface area (Å²) < 4.78 is 0. The lowest BCUT2D eigenvalue weighted by atomic mass is 9.88. The fraction of sp³-hybridized carbons (Fsp3) is 0.400. The summed E-state index contributed by atoms with van der Waals surface area (Å²) in [4.78, 5) is 0. The molecular formula is C10H14ClNO. The lowest BCUT2D eigenvalue weighted by Gasteiger charge is -2.21. The van der Waals surface area contributed by atoms with Crippen molar-refractivity contribution in [2.24, 2.45) is 5.73 Å². The van der Waals surface area contributed by atoms with E-state index in [0.29, 0.717) is 5.75 Å². The van der Waals surface area contributed by atoms with Crippen LogP contribution >= 0.6 is 12.4 Å². The first-order chi connectivity index (χ1) is 5.77. The van der Waals surface area contributed by atoms with Crippen molar-refractivity contribution in [2.45, 2.75) is 25.3 Å². The zero-order chi connectivity index (χ0) is 8.55. The van der Waals surface area contributed by atoms with E-state index >= 15 is 0 Å². The normalized spacial score (nSPS) is 20.2. The highest BCUT2D eigenvalue weighted by atomic mass is 35.5. The first kappa shape index (κ1) is 10.4. The Morgan fingerprint density at radius 1 is 1.38 bits per heavy atom. The van der Waals surface area contributed by atoms with Crippen molar-refractivity contribution in [3.05, 3.63) is 29.3 Å². The molecule has 0 amide bonds. The summed E-state index contributed by atoms with van der Waals surface area (Å²) >= 11 is 0. The molecule has 1 aliphatic carbocycles. The van der Waals surface area contributed by atoms with Gasteiger partial charge in [-0.05, 0) is 42.5 Å². The summed E-state index contributed by atoms with van der Waals surface area (Å²) in [6.45, 7) is 0. The fourth-order valence-corrected chi connectivity index (χ4v) is 1.84. The van der Waals surface area contributed by atoms with Crippen molar-refractivity contribution >= 4 is 12.4 Å². The van der Waals surface area contributed by atoms with E-state index in [0.717, 1.165) is 19.3 Å². The van der Waals surface area contributed by atoms with Gasteiger partial charge in [0.1, 0.15) is 5.75 Å². The van der Waals surface area contributed by atoms with Crippen LogP contribution in [0, 0.1) is 0 Å². The van der Waals surface area contributed by atoms with Gasteiger partial charge in [-0.1, -0.05) is 6.07 Å². The third-order valence-electron chi connectivity index (χ3n) is 2.49. The third-order valence-corrected chi connectivity index (χ3v) is 2.49. The SMILES string of the molecule is Cl.NC1CCCc2cc(O)ccc21. The topological polar surface area (TPSA) is 46.2 Å². The Labute approximate surface area is 84.2 Å². The van der Waals surface area contributed by atoms with Crippen LogP contribution < -0.4 is 5.73 Å². The van der Waals surface area contributed by atoms with Gasteiger partial charge in [-0.2, -0.15) is 0 Å². The van der Waals surface area contributed by atoms with Gasteiger partial charge in [-0.3, -0.25) is 0 Å². The van der Waals surface area contributed by atoms with Gasteiger partial charge in [0.25, 0.3) is 0 Å². The van der Waals surface area contributed by atoms with Crippen LogP contribution in [0.25, 0.3) is 0 Å². The molecule has 0 bridgehead atoms. The molecule has 0 aromatic heterocycles. The predicted octanol–water partition coefficient (Wildman–Crippen LogP) is 2.15. The van der Waals surface area contributed by atoms with Crippen LogP contribution in [0.4, 0.5) is 0 Å². The molecule has 0 heterocycles. The Morgan fingerprint density at radius 3 is 2.92 bits per heavy atom. The van der Waals surface area contributed by atoms with E-state index < -0.39 is 0 Å². The van der Waals surface area contributed by atoms with Crippen LogP contribution in [0.2, 0.25) is 0 Å². The van der Waals surface area contributed by atoms with E-state index in [1.165, 1.54) is 11.1 Å². The number of nitrogens with two attached hydrogens (primary N) is 1. The summed E-state index contributed by atoms with van der Waals surface area (Å²) in [6, 6.07) is 5.65. The molecule has 0 fully saturated rings. The first-order valence-electron chi connectivity index (χ1n) is 4.35. The minimum atomic E-state index is 0. The fourth-order valence-electron chi connectivity index (χ4n) is 1.84. The number of hydrogen-bond donors (Lipinski definition) is 2. The Hall–Kier alpha value is -0.730. The van der Waals surface area contributed by atoms with Gasteiger partial charge in [0.05, 0.1) is 0 Å². The molecule has 0 saturated carbocycles. The molecule has 0 aliphatic heterocycles. The molecule has 1 aliphatic rings. The first-order valence-corrected chi connectivity index (χ1v) is 4.35. The Bertz CT molecular complexity index is 301. The second-order valence-corrected chi connectivity index (χ2v) is 3.38. The lowest BCUT2D eigenvalue weighted by Crippen LogP contribution is -2.16. The molecule has 1 aromatic rings. The van der Waals surface area contributed by atoms with Gasteiger partial charge in [0.2, 0.25) is 0 Å². The van der Waals surface area contributed by atoms with Crippen molar-refractivity contribution in [3.63, 3.8) is 0 Å². The monoisotopic (exact) mass is 199 g/mol. The predicted molar refractivity (Wildman–Crippen MR) is 55.2 cm³/mol. The highest BCUT2D eigenvalue weighted by Crippen LogP contribution is 2.29. The number of benzene rings is 1. The zero-order valence-electron chi connectivity index (χ0n) is 7.36. The number of aryl methyl sites for hydroxylation is 1. The van der Waals surface area contributed by atoms with Crippen molar-refractivity contribution < 1.29 is 5.11 Å². The van der Waals surface area contributed by atoms with Crippen LogP contribution in [0.3, 0.4) is 0 Å². The van der Waals surface area contributed by atoms with Crippen molar-refractivity contribution in [3.8, 4) is 5.75 Å². The molecule has 3 N–H and O–H groups in total. The van der Waals surface area contributed by atoms with Crippen LogP contribution in [0.15, 0.2) is 18.2 Å². The van der Waals surface area contributed by atoms with Crippen molar-refractivity contribution in [2.75, 3.05) is 0 Å². The van der Waals surface area contributed by atoms with Crippen LogP contribution in [-0.4, -0.2) is 5.11 Å². The van der Waals surface area contributed by atoms with Crippen LogP contribution in [0.5, 0.6) is 5.75 Å². The minimum absolute atomic E-state index is 0. The molecule has 0 radical (unpaired) electrons. The summed E-state index contributed by atoms with van der Waals surface area (Å²) in [6.07, 6.45) is 3.26. The smallest absolute Gasteiger partial charge is 0.115 e. The largest absolute Gasteiger partial charge is 0.508 e. The minimum Gasteiger partial charge on any atom is -0.508 e. The zero-order valence-corrected chi connectivity index (χ0v) is 8.18. The molecule has 3 heteroatoms. The van der Waals surface area contributed by atoms with E-state index in [-0.39, 0.29) is 18.4 Å². The summed E-state index contributed by atoms with van der Waals surface area (Å²) in [7, 11) is 0. The maximum absolute atomic E-state index is 9.23. The number of phenolic OH excluding ortho intramolecular Hbond substituents is 1. The Morgan fingerprint density at radius 2 is 2.15 bits per heavy atom. The highest BCUT2D eigenvalue weighted by molar-refractivity contribution is 5.85. The third kappa shape index (κ3) is 1.95. The quantitative estimate of drug-likeness (QED) is 0.673. The van der Waals surface area contributed by atoms with E-state index in [1.54, 1.807) is 6.07 Å². The molecule has 1 atom stereocenters. The average Bonchev–Trinajstić information content (AvgIpc) is 2.04. The lowest BCUT2D eigenvalue weighted by molar-refractivity contribution is 0.471. The molecule has 0 spiro atoms. The number of fused-ring (bicyclic) bond motifs is 1. The molecule has 72 valence electrons. The average molecular weight is 200 g/mol. The summed E-state index contributed by atoms with van der Waals surface area (Å²) in [5.41, 5.74) is 8.34. The van der Waals surface area contributed by atoms with Gasteiger partial charge in [0.15, 0.2) is 0 Å². The molecule has 2 rings (SSSR count). The van der Waals surface area contributed by atoms with E-state index in [1.807, 2.05) is 12.1 Å². The number of phenols is 1. The second kappa shape index (κ2) is 3.99. The van der Waals surface area contributed by atoms with E-state index in [4.69, 9.17) is 5.73 Å².